The zero-order valence-electron chi connectivity index (χ0n) is 20.7. The van der Waals surface area contributed by atoms with Crippen molar-refractivity contribution in [1.82, 2.24) is 19.9 Å². The fourth-order valence-electron chi connectivity index (χ4n) is 3.31. The van der Waals surface area contributed by atoms with Crippen LogP contribution in [0.3, 0.4) is 0 Å². The number of halogens is 6. The molecule has 2 aromatic heterocycles. The Hall–Kier alpha value is -3.42. The molecule has 0 spiro atoms. The first-order chi connectivity index (χ1) is 16.9. The minimum Gasteiger partial charge on any atom is -0.488 e. The largest absolute Gasteiger partial charge is 0.488 e. The lowest BCUT2D eigenvalue weighted by Crippen LogP contribution is -2.23. The Kier molecular flexibility index (Phi) is 11.5. The maximum atomic E-state index is 14.5. The number of anilines is 2. The number of hydrogen-bond donors (Lipinski definition) is 3. The molecule has 3 aromatic rings. The van der Waals surface area contributed by atoms with Crippen molar-refractivity contribution in [3.05, 3.63) is 63.6 Å². The zero-order valence-corrected chi connectivity index (χ0v) is 22.3. The highest BCUT2D eigenvalue weighted by Crippen LogP contribution is 2.35. The predicted octanol–water partition coefficient (Wildman–Crippen LogP) is 5.25. The van der Waals surface area contributed by atoms with Crippen molar-refractivity contribution in [2.45, 2.75) is 26.6 Å². The molecule has 1 aromatic carbocycles. The van der Waals surface area contributed by atoms with Gasteiger partial charge in [0, 0.05) is 18.3 Å². The van der Waals surface area contributed by atoms with Gasteiger partial charge in [0.1, 0.15) is 5.82 Å². The van der Waals surface area contributed by atoms with Gasteiger partial charge in [0.05, 0.1) is 35.4 Å². The molecule has 0 unspecified atom stereocenters. The summed E-state index contributed by atoms with van der Waals surface area (Å²) < 4.78 is 60.3. The van der Waals surface area contributed by atoms with Crippen LogP contribution in [-0.4, -0.2) is 46.6 Å². The molecule has 0 aliphatic carbocycles. The van der Waals surface area contributed by atoms with E-state index in [0.717, 1.165) is 6.07 Å². The molecule has 3 rings (SSSR count). The summed E-state index contributed by atoms with van der Waals surface area (Å²) in [6.07, 6.45) is -2.06. The number of nitrogens with zero attached hydrogens (tertiary/aromatic N) is 3. The van der Waals surface area contributed by atoms with E-state index >= 15 is 0 Å². The maximum absolute atomic E-state index is 14.5. The number of urea groups is 1. The van der Waals surface area contributed by atoms with E-state index < -0.39 is 34.8 Å². The molecule has 0 atom stereocenters. The van der Waals surface area contributed by atoms with Gasteiger partial charge in [-0.3, -0.25) is 4.79 Å². The lowest BCUT2D eigenvalue weighted by atomic mass is 10.0. The highest BCUT2D eigenvalue weighted by Gasteiger charge is 2.34. The number of aromatic amines is 1. The van der Waals surface area contributed by atoms with Gasteiger partial charge in [-0.2, -0.15) is 13.2 Å². The molecule has 0 fully saturated rings. The van der Waals surface area contributed by atoms with Crippen LogP contribution in [0.4, 0.5) is 33.7 Å². The number of carbonyl (C=O) groups is 1. The second kappa shape index (κ2) is 13.4. The van der Waals surface area contributed by atoms with E-state index in [1.807, 2.05) is 0 Å². The van der Waals surface area contributed by atoms with Crippen LogP contribution in [0.25, 0.3) is 11.4 Å². The van der Waals surface area contributed by atoms with Crippen LogP contribution in [0.1, 0.15) is 23.7 Å². The number of aryl methyl sites for hydroxylation is 1. The molecule has 3 N–H and O–H groups in total. The lowest BCUT2D eigenvalue weighted by molar-refractivity contribution is -0.138. The van der Waals surface area contributed by atoms with Gasteiger partial charge < -0.3 is 25.3 Å². The van der Waals surface area contributed by atoms with Crippen molar-refractivity contribution in [2.24, 2.45) is 0 Å². The molecule has 15 heteroatoms. The summed E-state index contributed by atoms with van der Waals surface area (Å²) in [4.78, 5) is 36.6. The molecule has 9 nitrogen and oxygen atoms in total. The average molecular weight is 581 g/mol. The van der Waals surface area contributed by atoms with E-state index in [1.165, 1.54) is 23.4 Å². The third-order valence-electron chi connectivity index (χ3n) is 4.89. The number of hydrogen-bond acceptors (Lipinski definition) is 6. The number of nitrogens with one attached hydrogen (secondary N) is 3. The summed E-state index contributed by atoms with van der Waals surface area (Å²) in [5.74, 6) is -0.691. The molecule has 0 aliphatic rings. The smallest absolute Gasteiger partial charge is 0.416 e. The van der Waals surface area contributed by atoms with Crippen molar-refractivity contribution >= 4 is 42.2 Å². The first-order valence-electron chi connectivity index (χ1n) is 10.7. The monoisotopic (exact) mass is 580 g/mol. The molecular weight excluding hydrogens is 555 g/mol. The predicted molar refractivity (Wildman–Crippen MR) is 140 cm³/mol. The maximum Gasteiger partial charge on any atom is 0.416 e. The Morgan fingerprint density at radius 2 is 1.79 bits per heavy atom. The van der Waals surface area contributed by atoms with Gasteiger partial charge in [0.25, 0.3) is 5.56 Å². The Morgan fingerprint density at radius 3 is 2.37 bits per heavy atom. The van der Waals surface area contributed by atoms with Crippen LogP contribution in [0.2, 0.25) is 0 Å². The van der Waals surface area contributed by atoms with E-state index in [4.69, 9.17) is 4.74 Å². The van der Waals surface area contributed by atoms with E-state index in [1.54, 1.807) is 27.9 Å². The highest BCUT2D eigenvalue weighted by atomic mass is 35.5. The number of pyridine rings is 1. The molecule has 38 heavy (non-hydrogen) atoms. The van der Waals surface area contributed by atoms with Gasteiger partial charge in [-0.25, -0.2) is 19.2 Å². The van der Waals surface area contributed by atoms with Gasteiger partial charge in [-0.05, 0) is 51.7 Å². The van der Waals surface area contributed by atoms with E-state index in [2.05, 4.69) is 25.6 Å². The number of ether oxygens (including phenoxy) is 1. The zero-order chi connectivity index (χ0) is 26.6. The second-order valence-corrected chi connectivity index (χ2v) is 8.01. The third kappa shape index (κ3) is 8.04. The lowest BCUT2D eigenvalue weighted by Gasteiger charge is -2.18. The van der Waals surface area contributed by atoms with Crippen LogP contribution < -0.4 is 20.9 Å². The van der Waals surface area contributed by atoms with Gasteiger partial charge in [-0.15, -0.1) is 24.8 Å². The van der Waals surface area contributed by atoms with Crippen molar-refractivity contribution < 1.29 is 27.1 Å². The molecule has 2 heterocycles. The summed E-state index contributed by atoms with van der Waals surface area (Å²) >= 11 is 0. The summed E-state index contributed by atoms with van der Waals surface area (Å²) in [7, 11) is 3.12. The number of rotatable bonds is 7. The number of benzene rings is 1. The van der Waals surface area contributed by atoms with Crippen LogP contribution >= 0.6 is 24.8 Å². The quantitative estimate of drug-likeness (QED) is 0.329. The Labute approximate surface area is 227 Å². The number of amides is 2. The normalized spacial score (nSPS) is 10.9. The molecular formula is C23H26Cl2F4N6O3. The number of aromatic nitrogens is 3. The van der Waals surface area contributed by atoms with Crippen molar-refractivity contribution in [3.8, 4) is 17.1 Å². The van der Waals surface area contributed by atoms with Gasteiger partial charge >= 0.3 is 12.2 Å². The summed E-state index contributed by atoms with van der Waals surface area (Å²) in [6.45, 7) is 3.44. The van der Waals surface area contributed by atoms with E-state index in [-0.39, 0.29) is 60.8 Å². The minimum atomic E-state index is -4.74. The highest BCUT2D eigenvalue weighted by molar-refractivity contribution is 6.00. The first-order valence-corrected chi connectivity index (χ1v) is 10.7. The van der Waals surface area contributed by atoms with Crippen LogP contribution in [-0.2, 0) is 12.7 Å². The summed E-state index contributed by atoms with van der Waals surface area (Å²) in [6, 6.07) is 1.80. The van der Waals surface area contributed by atoms with Crippen LogP contribution in [0.5, 0.6) is 5.75 Å². The summed E-state index contributed by atoms with van der Waals surface area (Å²) in [5.41, 5.74) is -1.44. The topological polar surface area (TPSA) is 112 Å². The molecule has 0 bridgehead atoms. The Balaban J connectivity index is 0.00000361. The number of H-pyrrole nitrogens is 1. The Morgan fingerprint density at radius 1 is 1.13 bits per heavy atom. The fourth-order valence-corrected chi connectivity index (χ4v) is 3.31. The fraction of sp³-hybridized carbons (Fsp3) is 0.304. The second-order valence-electron chi connectivity index (χ2n) is 8.01. The van der Waals surface area contributed by atoms with Gasteiger partial charge in [0.2, 0.25) is 0 Å². The first kappa shape index (κ1) is 32.6. The minimum absolute atomic E-state index is 0. The van der Waals surface area contributed by atoms with Crippen molar-refractivity contribution in [3.63, 3.8) is 0 Å². The van der Waals surface area contributed by atoms with Gasteiger partial charge in [0.15, 0.2) is 11.6 Å². The Bertz CT molecular complexity index is 1340. The third-order valence-corrected chi connectivity index (χ3v) is 4.89. The van der Waals surface area contributed by atoms with Crippen molar-refractivity contribution in [1.29, 1.82) is 0 Å². The van der Waals surface area contributed by atoms with Crippen LogP contribution in [0, 0.1) is 12.7 Å². The van der Waals surface area contributed by atoms with E-state index in [0.29, 0.717) is 17.3 Å². The summed E-state index contributed by atoms with van der Waals surface area (Å²) in [5, 5.41) is 4.50. The SMILES string of the molecule is CCOc1cc(-c2ncc(NC(=O)Nc3cc(C(F)(F)F)c(CN(C)C)cc3F)c(C)n2)c[nH]c1=O.Cl.Cl. The molecule has 2 amide bonds. The van der Waals surface area contributed by atoms with Gasteiger partial charge in [-0.1, -0.05) is 0 Å². The number of carbonyl (C=O) groups excluding carboxylic acids is 1. The molecule has 0 saturated carbocycles. The average Bonchev–Trinajstić information content (AvgIpc) is 2.77. The van der Waals surface area contributed by atoms with Crippen molar-refractivity contribution in [2.75, 3.05) is 31.3 Å². The molecule has 0 saturated heterocycles. The number of alkyl halides is 3. The molecule has 0 radical (unpaired) electrons. The molecule has 208 valence electrons. The van der Waals surface area contributed by atoms with E-state index in [9.17, 15) is 27.2 Å². The standard InChI is InChI=1S/C23H24F4N6O3.2ClH/c1-5-36-19-7-13(9-29-21(19)34)20-28-10-18(12(2)30-20)32-22(35)31-17-8-15(23(25,26)27)14(6-16(17)24)11-33(3)4;;/h6-10H,5,11H2,1-4H3,(H,29,34)(H2,31,32,35);2*1H. The molecule has 0 aliphatic heterocycles. The van der Waals surface area contributed by atoms with Crippen LogP contribution in [0.15, 0.2) is 35.4 Å².